The minimum Gasteiger partial charge on any atom is -0.377 e. The Balaban J connectivity index is 1.99. The van der Waals surface area contributed by atoms with Crippen molar-refractivity contribution in [2.45, 2.75) is 12.5 Å². The van der Waals surface area contributed by atoms with E-state index in [1.54, 1.807) is 0 Å². The minimum atomic E-state index is 0.606. The fourth-order valence-corrected chi connectivity index (χ4v) is 2.84. The van der Waals surface area contributed by atoms with Gasteiger partial charge in [0.25, 0.3) is 0 Å². The summed E-state index contributed by atoms with van der Waals surface area (Å²) in [6.45, 7) is 2.92. The largest absolute Gasteiger partial charge is 0.377 e. The molecular formula is C11H12BrNO. The first-order chi connectivity index (χ1) is 6.86. The van der Waals surface area contributed by atoms with Gasteiger partial charge in [0.2, 0.25) is 0 Å². The first-order valence-electron chi connectivity index (χ1n) is 4.98. The van der Waals surface area contributed by atoms with Crippen LogP contribution in [0.2, 0.25) is 0 Å². The molecule has 0 saturated carbocycles. The fourth-order valence-electron chi connectivity index (χ4n) is 2.20. The molecule has 74 valence electrons. The van der Waals surface area contributed by atoms with Crippen LogP contribution in [-0.4, -0.2) is 25.8 Å². The molecule has 2 aliphatic heterocycles. The first kappa shape index (κ1) is 8.74. The van der Waals surface area contributed by atoms with Gasteiger partial charge >= 0.3 is 0 Å². The van der Waals surface area contributed by atoms with E-state index in [9.17, 15) is 0 Å². The van der Waals surface area contributed by atoms with Gasteiger partial charge in [0.05, 0.1) is 24.9 Å². The number of fused-ring (bicyclic) bond motifs is 1. The number of rotatable bonds is 1. The third-order valence-corrected chi connectivity index (χ3v) is 3.68. The highest BCUT2D eigenvalue weighted by Gasteiger charge is 2.31. The predicted octanol–water partition coefficient (Wildman–Crippen LogP) is 2.21. The van der Waals surface area contributed by atoms with E-state index in [0.29, 0.717) is 6.04 Å². The highest BCUT2D eigenvalue weighted by atomic mass is 79.9. The average Bonchev–Trinajstić information content (AvgIpc) is 2.47. The summed E-state index contributed by atoms with van der Waals surface area (Å²) in [4.78, 5) is 2.48. The van der Waals surface area contributed by atoms with Crippen molar-refractivity contribution >= 4 is 21.6 Å². The standard InChI is InChI=1S/C11H12BrNO/c12-10-3-1-2-8-4-5-13(11(8)10)9-6-14-7-9/h1-3,9H,4-7H2. The zero-order valence-corrected chi connectivity index (χ0v) is 9.46. The van der Waals surface area contributed by atoms with Crippen LogP contribution in [0.15, 0.2) is 22.7 Å². The van der Waals surface area contributed by atoms with E-state index in [0.717, 1.165) is 19.8 Å². The molecule has 0 atom stereocenters. The Kier molecular flexibility index (Phi) is 2.03. The lowest BCUT2D eigenvalue weighted by atomic mass is 10.1. The molecule has 0 N–H and O–H groups in total. The smallest absolute Gasteiger partial charge is 0.0757 e. The Morgan fingerprint density at radius 1 is 1.36 bits per heavy atom. The van der Waals surface area contributed by atoms with Crippen LogP contribution < -0.4 is 4.90 Å². The maximum absolute atomic E-state index is 5.25. The van der Waals surface area contributed by atoms with Crippen LogP contribution >= 0.6 is 15.9 Å². The Bertz CT molecular complexity index is 362. The monoisotopic (exact) mass is 253 g/mol. The van der Waals surface area contributed by atoms with Gasteiger partial charge in [0.1, 0.15) is 0 Å². The third kappa shape index (κ3) is 1.19. The third-order valence-electron chi connectivity index (χ3n) is 3.04. The van der Waals surface area contributed by atoms with Gasteiger partial charge in [0.15, 0.2) is 0 Å². The van der Waals surface area contributed by atoms with Crippen molar-refractivity contribution in [1.29, 1.82) is 0 Å². The van der Waals surface area contributed by atoms with Crippen LogP contribution in [-0.2, 0) is 11.2 Å². The van der Waals surface area contributed by atoms with Crippen molar-refractivity contribution in [2.24, 2.45) is 0 Å². The molecule has 0 bridgehead atoms. The lowest BCUT2D eigenvalue weighted by molar-refractivity contribution is 0.00883. The summed E-state index contributed by atoms with van der Waals surface area (Å²) in [5, 5.41) is 0. The summed E-state index contributed by atoms with van der Waals surface area (Å²) >= 11 is 3.63. The lowest BCUT2D eigenvalue weighted by Gasteiger charge is -2.36. The summed E-state index contributed by atoms with van der Waals surface area (Å²) in [5.74, 6) is 0. The van der Waals surface area contributed by atoms with E-state index in [4.69, 9.17) is 4.74 Å². The van der Waals surface area contributed by atoms with Gasteiger partial charge in [-0.2, -0.15) is 0 Å². The maximum Gasteiger partial charge on any atom is 0.0757 e. The number of hydrogen-bond donors (Lipinski definition) is 0. The molecular weight excluding hydrogens is 242 g/mol. The lowest BCUT2D eigenvalue weighted by Crippen LogP contribution is -2.48. The van der Waals surface area contributed by atoms with Crippen molar-refractivity contribution in [1.82, 2.24) is 0 Å². The number of para-hydroxylation sites is 1. The SMILES string of the molecule is Brc1cccc2c1N(C1COC1)CC2. The van der Waals surface area contributed by atoms with Crippen molar-refractivity contribution in [3.8, 4) is 0 Å². The van der Waals surface area contributed by atoms with Crippen LogP contribution in [0, 0.1) is 0 Å². The normalized spacial score (nSPS) is 20.8. The molecule has 14 heavy (non-hydrogen) atoms. The molecule has 2 heterocycles. The molecule has 1 saturated heterocycles. The number of hydrogen-bond acceptors (Lipinski definition) is 2. The second-order valence-corrected chi connectivity index (χ2v) is 4.74. The van der Waals surface area contributed by atoms with E-state index in [2.05, 4.69) is 39.0 Å². The van der Waals surface area contributed by atoms with Gasteiger partial charge in [-0.1, -0.05) is 12.1 Å². The summed E-state index contributed by atoms with van der Waals surface area (Å²) in [5.41, 5.74) is 2.85. The molecule has 1 aromatic rings. The fraction of sp³-hybridized carbons (Fsp3) is 0.455. The van der Waals surface area contributed by atoms with E-state index < -0.39 is 0 Å². The molecule has 0 aromatic heterocycles. The highest BCUT2D eigenvalue weighted by Crippen LogP contribution is 2.37. The quantitative estimate of drug-likeness (QED) is 0.761. The molecule has 3 heteroatoms. The van der Waals surface area contributed by atoms with Crippen molar-refractivity contribution in [2.75, 3.05) is 24.7 Å². The Labute approximate surface area is 92.0 Å². The highest BCUT2D eigenvalue weighted by molar-refractivity contribution is 9.10. The molecule has 1 aromatic carbocycles. The topological polar surface area (TPSA) is 12.5 Å². The predicted molar refractivity (Wildman–Crippen MR) is 59.8 cm³/mol. The van der Waals surface area contributed by atoms with Crippen LogP contribution in [0.5, 0.6) is 0 Å². The second-order valence-electron chi connectivity index (χ2n) is 3.88. The second kappa shape index (κ2) is 3.24. The van der Waals surface area contributed by atoms with E-state index in [1.165, 1.54) is 22.1 Å². The summed E-state index contributed by atoms with van der Waals surface area (Å²) in [6, 6.07) is 7.06. The van der Waals surface area contributed by atoms with E-state index >= 15 is 0 Å². The molecule has 0 amide bonds. The van der Waals surface area contributed by atoms with Gasteiger partial charge in [-0.15, -0.1) is 0 Å². The van der Waals surface area contributed by atoms with E-state index in [-0.39, 0.29) is 0 Å². The van der Waals surface area contributed by atoms with Crippen LogP contribution in [0.3, 0.4) is 0 Å². The average molecular weight is 254 g/mol. The Hall–Kier alpha value is -0.540. The Morgan fingerprint density at radius 2 is 2.21 bits per heavy atom. The molecule has 0 unspecified atom stereocenters. The van der Waals surface area contributed by atoms with Crippen molar-refractivity contribution in [3.63, 3.8) is 0 Å². The first-order valence-corrected chi connectivity index (χ1v) is 5.77. The molecule has 0 aliphatic carbocycles. The summed E-state index contributed by atoms with van der Waals surface area (Å²) in [6.07, 6.45) is 1.17. The number of ether oxygens (including phenoxy) is 1. The molecule has 1 fully saturated rings. The minimum absolute atomic E-state index is 0.606. The van der Waals surface area contributed by atoms with Gasteiger partial charge in [-0.3, -0.25) is 0 Å². The molecule has 2 nitrogen and oxygen atoms in total. The maximum atomic E-state index is 5.25. The molecule has 3 rings (SSSR count). The van der Waals surface area contributed by atoms with Gasteiger partial charge < -0.3 is 9.64 Å². The molecule has 2 aliphatic rings. The van der Waals surface area contributed by atoms with Crippen LogP contribution in [0.1, 0.15) is 5.56 Å². The van der Waals surface area contributed by atoms with Crippen molar-refractivity contribution in [3.05, 3.63) is 28.2 Å². The van der Waals surface area contributed by atoms with Gasteiger partial charge in [-0.05, 0) is 34.0 Å². The zero-order chi connectivity index (χ0) is 9.54. The van der Waals surface area contributed by atoms with Gasteiger partial charge in [0, 0.05) is 11.0 Å². The number of benzene rings is 1. The number of nitrogens with zero attached hydrogens (tertiary/aromatic N) is 1. The zero-order valence-electron chi connectivity index (χ0n) is 7.87. The Morgan fingerprint density at radius 3 is 2.93 bits per heavy atom. The molecule has 0 spiro atoms. The van der Waals surface area contributed by atoms with Crippen molar-refractivity contribution < 1.29 is 4.74 Å². The van der Waals surface area contributed by atoms with Crippen LogP contribution in [0.25, 0.3) is 0 Å². The summed E-state index contributed by atoms with van der Waals surface area (Å²) in [7, 11) is 0. The summed E-state index contributed by atoms with van der Waals surface area (Å²) < 4.78 is 6.47. The van der Waals surface area contributed by atoms with Crippen LogP contribution in [0.4, 0.5) is 5.69 Å². The number of halogens is 1. The van der Waals surface area contributed by atoms with E-state index in [1.807, 2.05) is 0 Å². The number of anilines is 1. The van der Waals surface area contributed by atoms with Gasteiger partial charge in [-0.25, -0.2) is 0 Å². The molecule has 0 radical (unpaired) electrons.